The zero-order valence-electron chi connectivity index (χ0n) is 9.19. The van der Waals surface area contributed by atoms with Crippen molar-refractivity contribution in [3.8, 4) is 5.75 Å². The number of rotatable bonds is 3. The molecule has 2 rings (SSSR count). The largest absolute Gasteiger partial charge is 0.482 e. The third-order valence-corrected chi connectivity index (χ3v) is 2.32. The number of aromatic carboxylic acids is 1. The summed E-state index contributed by atoms with van der Waals surface area (Å²) in [5.74, 6) is -0.725. The van der Waals surface area contributed by atoms with E-state index >= 15 is 0 Å². The minimum Gasteiger partial charge on any atom is -0.482 e. The molecule has 0 saturated heterocycles. The first-order valence-corrected chi connectivity index (χ1v) is 4.98. The van der Waals surface area contributed by atoms with E-state index in [9.17, 15) is 4.79 Å². The molecule has 88 valence electrons. The Kier molecular flexibility index (Phi) is 2.74. The first kappa shape index (κ1) is 10.8. The molecule has 0 aromatic carbocycles. The zero-order chi connectivity index (χ0) is 11.7. The van der Waals surface area contributed by atoms with Gasteiger partial charge in [-0.25, -0.2) is 4.79 Å². The van der Waals surface area contributed by atoms with E-state index in [-0.39, 0.29) is 11.9 Å². The predicted molar refractivity (Wildman–Crippen MR) is 57.1 cm³/mol. The van der Waals surface area contributed by atoms with E-state index in [1.54, 1.807) is 0 Å². The third kappa shape index (κ3) is 1.96. The molecule has 0 aliphatic carbocycles. The van der Waals surface area contributed by atoms with Crippen LogP contribution in [0.2, 0.25) is 0 Å². The second kappa shape index (κ2) is 4.05. The van der Waals surface area contributed by atoms with Crippen molar-refractivity contribution in [1.82, 2.24) is 4.90 Å². The minimum absolute atomic E-state index is 0.00162. The van der Waals surface area contributed by atoms with E-state index in [0.29, 0.717) is 18.0 Å². The molecular formula is C10H14N2O4. The molecule has 1 unspecified atom stereocenters. The van der Waals surface area contributed by atoms with Crippen molar-refractivity contribution in [2.45, 2.75) is 6.10 Å². The minimum atomic E-state index is -1.09. The van der Waals surface area contributed by atoms with E-state index in [0.717, 1.165) is 6.54 Å². The number of furan rings is 1. The zero-order valence-corrected chi connectivity index (χ0v) is 9.19. The topological polar surface area (TPSA) is 74.9 Å². The average molecular weight is 226 g/mol. The molecule has 2 heterocycles. The predicted octanol–water partition coefficient (Wildman–Crippen LogP) is 0.712. The molecule has 6 heteroatoms. The van der Waals surface area contributed by atoms with Crippen molar-refractivity contribution < 1.29 is 19.1 Å². The van der Waals surface area contributed by atoms with Gasteiger partial charge in [0.25, 0.3) is 0 Å². The summed E-state index contributed by atoms with van der Waals surface area (Å²) in [7, 11) is 3.91. The highest BCUT2D eigenvalue weighted by Crippen LogP contribution is 2.34. The van der Waals surface area contributed by atoms with E-state index in [2.05, 4.69) is 5.32 Å². The van der Waals surface area contributed by atoms with Crippen molar-refractivity contribution in [3.63, 3.8) is 0 Å². The van der Waals surface area contributed by atoms with Crippen LogP contribution < -0.4 is 10.1 Å². The maximum absolute atomic E-state index is 10.8. The molecule has 6 nitrogen and oxygen atoms in total. The van der Waals surface area contributed by atoms with E-state index in [1.807, 2.05) is 19.0 Å². The SMILES string of the molecule is CN(C)CC1CNc2c(coc2C(=O)O)O1. The van der Waals surface area contributed by atoms with Gasteiger partial charge in [-0.1, -0.05) is 0 Å². The molecule has 1 aliphatic rings. The summed E-state index contributed by atoms with van der Waals surface area (Å²) in [4.78, 5) is 12.8. The highest BCUT2D eigenvalue weighted by Gasteiger charge is 2.27. The van der Waals surface area contributed by atoms with E-state index in [1.165, 1.54) is 6.26 Å². The Balaban J connectivity index is 2.14. The second-order valence-electron chi connectivity index (χ2n) is 3.99. The Morgan fingerprint density at radius 1 is 1.69 bits per heavy atom. The molecule has 2 N–H and O–H groups in total. The summed E-state index contributed by atoms with van der Waals surface area (Å²) >= 11 is 0. The molecule has 1 aromatic rings. The van der Waals surface area contributed by atoms with E-state index in [4.69, 9.17) is 14.3 Å². The van der Waals surface area contributed by atoms with Crippen LogP contribution in [-0.2, 0) is 0 Å². The van der Waals surface area contributed by atoms with Gasteiger partial charge in [-0.2, -0.15) is 0 Å². The fourth-order valence-electron chi connectivity index (χ4n) is 1.70. The number of nitrogens with one attached hydrogen (secondary N) is 1. The van der Waals surface area contributed by atoms with Crippen molar-refractivity contribution in [3.05, 3.63) is 12.0 Å². The molecule has 1 aromatic heterocycles. The lowest BCUT2D eigenvalue weighted by atomic mass is 10.2. The number of fused-ring (bicyclic) bond motifs is 1. The Labute approximate surface area is 92.8 Å². The van der Waals surface area contributed by atoms with Crippen molar-refractivity contribution in [2.24, 2.45) is 0 Å². The summed E-state index contributed by atoms with van der Waals surface area (Å²) in [6, 6.07) is 0. The molecule has 1 aliphatic heterocycles. The third-order valence-electron chi connectivity index (χ3n) is 2.32. The lowest BCUT2D eigenvalue weighted by molar-refractivity contribution is 0.0663. The summed E-state index contributed by atoms with van der Waals surface area (Å²) in [6.45, 7) is 1.34. The van der Waals surface area contributed by atoms with Crippen molar-refractivity contribution >= 4 is 11.7 Å². The van der Waals surface area contributed by atoms with Gasteiger partial charge in [0, 0.05) is 6.54 Å². The first-order valence-electron chi connectivity index (χ1n) is 4.98. The standard InChI is InChI=1S/C10H14N2O4/c1-12(2)4-6-3-11-8-7(16-6)5-15-9(8)10(13)14/h5-6,11H,3-4H2,1-2H3,(H,13,14). The molecule has 1 atom stereocenters. The van der Waals surface area contributed by atoms with Gasteiger partial charge < -0.3 is 24.5 Å². The Bertz CT molecular complexity index is 400. The summed E-state index contributed by atoms with van der Waals surface area (Å²) in [5.41, 5.74) is 0.433. The summed E-state index contributed by atoms with van der Waals surface area (Å²) in [5, 5.41) is 11.9. The second-order valence-corrected chi connectivity index (χ2v) is 3.99. The smallest absolute Gasteiger partial charge is 0.374 e. The van der Waals surface area contributed by atoms with Crippen LogP contribution in [0.5, 0.6) is 5.75 Å². The molecule has 0 radical (unpaired) electrons. The highest BCUT2D eigenvalue weighted by atomic mass is 16.5. The fraction of sp³-hybridized carbons (Fsp3) is 0.500. The molecule has 0 spiro atoms. The van der Waals surface area contributed by atoms with Crippen LogP contribution in [0.1, 0.15) is 10.6 Å². The maximum atomic E-state index is 10.8. The lowest BCUT2D eigenvalue weighted by Gasteiger charge is -2.26. The molecule has 0 saturated carbocycles. The number of nitrogens with zero attached hydrogens (tertiary/aromatic N) is 1. The molecular weight excluding hydrogens is 212 g/mol. The van der Waals surface area contributed by atoms with Crippen molar-refractivity contribution in [2.75, 3.05) is 32.5 Å². The van der Waals surface area contributed by atoms with Crippen LogP contribution >= 0.6 is 0 Å². The summed E-state index contributed by atoms with van der Waals surface area (Å²) in [6.07, 6.45) is 1.33. The van der Waals surface area contributed by atoms with Crippen molar-refractivity contribution in [1.29, 1.82) is 0 Å². The Morgan fingerprint density at radius 3 is 3.06 bits per heavy atom. The number of likely N-dealkylation sites (N-methyl/N-ethyl adjacent to an activating group) is 1. The number of anilines is 1. The van der Waals surface area contributed by atoms with Gasteiger partial charge in [-0.15, -0.1) is 0 Å². The van der Waals surface area contributed by atoms with E-state index < -0.39 is 5.97 Å². The maximum Gasteiger partial charge on any atom is 0.374 e. The van der Waals surface area contributed by atoms with Crippen LogP contribution in [0.25, 0.3) is 0 Å². The Hall–Kier alpha value is -1.69. The van der Waals surface area contributed by atoms with Crippen LogP contribution in [-0.4, -0.2) is 49.3 Å². The molecule has 16 heavy (non-hydrogen) atoms. The van der Waals surface area contributed by atoms with Gasteiger partial charge in [-0.05, 0) is 14.1 Å². The molecule has 0 amide bonds. The van der Waals surface area contributed by atoms with Gasteiger partial charge in [0.05, 0.1) is 6.54 Å². The lowest BCUT2D eigenvalue weighted by Crippen LogP contribution is -2.38. The number of ether oxygens (including phenoxy) is 1. The normalized spacial score (nSPS) is 18.8. The quantitative estimate of drug-likeness (QED) is 0.790. The van der Waals surface area contributed by atoms with Crippen LogP contribution in [0.3, 0.4) is 0 Å². The monoisotopic (exact) mass is 226 g/mol. The number of carbonyl (C=O) groups is 1. The highest BCUT2D eigenvalue weighted by molar-refractivity contribution is 5.93. The Morgan fingerprint density at radius 2 is 2.44 bits per heavy atom. The number of hydrogen-bond donors (Lipinski definition) is 2. The van der Waals surface area contributed by atoms with Crippen LogP contribution in [0.4, 0.5) is 5.69 Å². The van der Waals surface area contributed by atoms with Gasteiger partial charge in [0.2, 0.25) is 5.76 Å². The average Bonchev–Trinajstić information content (AvgIpc) is 2.59. The number of carboxylic acid groups (broad SMARTS) is 1. The van der Waals surface area contributed by atoms with Gasteiger partial charge in [0.15, 0.2) is 5.75 Å². The van der Waals surface area contributed by atoms with Gasteiger partial charge >= 0.3 is 5.97 Å². The molecule has 0 fully saturated rings. The van der Waals surface area contributed by atoms with Crippen LogP contribution in [0, 0.1) is 0 Å². The number of hydrogen-bond acceptors (Lipinski definition) is 5. The number of carboxylic acids is 1. The summed E-state index contributed by atoms with van der Waals surface area (Å²) < 4.78 is 10.5. The molecule has 0 bridgehead atoms. The van der Waals surface area contributed by atoms with Gasteiger partial charge in [0.1, 0.15) is 18.1 Å². The first-order chi connectivity index (χ1) is 7.58. The fourth-order valence-corrected chi connectivity index (χ4v) is 1.70. The van der Waals surface area contributed by atoms with Gasteiger partial charge in [-0.3, -0.25) is 0 Å². The van der Waals surface area contributed by atoms with Crippen LogP contribution in [0.15, 0.2) is 10.7 Å².